The second-order valence-electron chi connectivity index (χ2n) is 9.55. The van der Waals surface area contributed by atoms with Crippen LogP contribution in [0.1, 0.15) is 22.3 Å². The minimum atomic E-state index is -3.97. The minimum Gasteiger partial charge on any atom is -0.342 e. The molecule has 0 aliphatic carbocycles. The van der Waals surface area contributed by atoms with Gasteiger partial charge in [-0.2, -0.15) is 15.1 Å². The molecule has 1 amide bonds. The Morgan fingerprint density at radius 3 is 2.40 bits per heavy atom. The maximum Gasteiger partial charge on any atom is 0.258 e. The lowest BCUT2D eigenvalue weighted by molar-refractivity contribution is -0.122. The number of nitrogens with one attached hydrogen (secondary N) is 2. The number of hydrogen-bond donors (Lipinski definition) is 2. The molecule has 42 heavy (non-hydrogen) atoms. The number of hydrazone groups is 1. The van der Waals surface area contributed by atoms with Crippen LogP contribution in [0.2, 0.25) is 0 Å². The number of halogens is 1. The van der Waals surface area contributed by atoms with E-state index < -0.39 is 22.0 Å². The lowest BCUT2D eigenvalue weighted by atomic mass is 10.1. The van der Waals surface area contributed by atoms with Crippen molar-refractivity contribution in [1.82, 2.24) is 14.7 Å². The Morgan fingerprint density at radius 2 is 1.64 bits per heavy atom. The topological polar surface area (TPSA) is 116 Å². The van der Waals surface area contributed by atoms with Gasteiger partial charge in [-0.1, -0.05) is 66.7 Å². The smallest absolute Gasteiger partial charge is 0.258 e. The highest BCUT2D eigenvalue weighted by molar-refractivity contribution is 14.1. The number of para-hydroxylation sites is 1. The number of nitrogens with zero attached hydrogens (tertiary/aromatic N) is 3. The molecule has 2 N–H and O–H groups in total. The zero-order valence-electron chi connectivity index (χ0n) is 22.3. The number of carbonyl (C=O) groups excluding carboxylic acids is 1. The molecular weight excluding hydrogens is 661 g/mol. The number of aromatic nitrogens is 1. The zero-order chi connectivity index (χ0) is 29.5. The molecule has 4 aromatic carbocycles. The number of fused-ring (bicyclic) bond motifs is 1. The molecule has 0 saturated heterocycles. The highest BCUT2D eigenvalue weighted by Crippen LogP contribution is 2.22. The van der Waals surface area contributed by atoms with Gasteiger partial charge in [0, 0.05) is 32.8 Å². The molecular formula is C32H26IN5O3S. The summed E-state index contributed by atoms with van der Waals surface area (Å²) in [4.78, 5) is 13.4. The monoisotopic (exact) mass is 687 g/mol. The number of hydrogen-bond acceptors (Lipinski definition) is 5. The van der Waals surface area contributed by atoms with Crippen LogP contribution in [-0.2, 0) is 27.8 Å². The van der Waals surface area contributed by atoms with E-state index in [0.29, 0.717) is 12.1 Å². The SMILES string of the molecule is N#Cc1ccccc1Cn1cc(/C=N\NC(=O)[C@H](Cc2ccccc2)NS(=O)(=O)c2ccc(I)cc2)c2ccccc21. The van der Waals surface area contributed by atoms with Crippen LogP contribution >= 0.6 is 22.6 Å². The molecule has 8 nitrogen and oxygen atoms in total. The molecule has 0 fully saturated rings. The summed E-state index contributed by atoms with van der Waals surface area (Å²) in [7, 11) is -3.97. The molecule has 0 aliphatic rings. The van der Waals surface area contributed by atoms with Crippen LogP contribution in [0, 0.1) is 14.9 Å². The second kappa shape index (κ2) is 13.1. The molecule has 0 spiro atoms. The zero-order valence-corrected chi connectivity index (χ0v) is 25.3. The molecule has 0 aliphatic heterocycles. The van der Waals surface area contributed by atoms with Crippen LogP contribution in [0.5, 0.6) is 0 Å². The summed E-state index contributed by atoms with van der Waals surface area (Å²) in [5, 5.41) is 14.6. The van der Waals surface area contributed by atoms with Gasteiger partial charge in [-0.25, -0.2) is 13.8 Å². The quantitative estimate of drug-likeness (QED) is 0.119. The van der Waals surface area contributed by atoms with E-state index in [9.17, 15) is 18.5 Å². The van der Waals surface area contributed by atoms with E-state index in [1.165, 1.54) is 12.1 Å². The molecule has 210 valence electrons. The molecule has 5 aromatic rings. The molecule has 5 rings (SSSR count). The van der Waals surface area contributed by atoms with E-state index in [4.69, 9.17) is 0 Å². The molecule has 0 saturated carbocycles. The summed E-state index contributed by atoms with van der Waals surface area (Å²) in [5.41, 5.74) is 6.53. The van der Waals surface area contributed by atoms with Crippen molar-refractivity contribution in [3.63, 3.8) is 0 Å². The van der Waals surface area contributed by atoms with Gasteiger partial charge < -0.3 is 4.57 Å². The van der Waals surface area contributed by atoms with Crippen molar-refractivity contribution in [1.29, 1.82) is 5.26 Å². The number of amides is 1. The van der Waals surface area contributed by atoms with E-state index in [-0.39, 0.29) is 11.3 Å². The van der Waals surface area contributed by atoms with Gasteiger partial charge in [-0.05, 0) is 76.5 Å². The maximum atomic E-state index is 13.3. The largest absolute Gasteiger partial charge is 0.342 e. The maximum absolute atomic E-state index is 13.3. The van der Waals surface area contributed by atoms with Gasteiger partial charge in [0.15, 0.2) is 0 Å². The molecule has 1 heterocycles. The average molecular weight is 688 g/mol. The van der Waals surface area contributed by atoms with Crippen molar-refractivity contribution < 1.29 is 13.2 Å². The van der Waals surface area contributed by atoms with Crippen LogP contribution in [0.25, 0.3) is 10.9 Å². The predicted molar refractivity (Wildman–Crippen MR) is 171 cm³/mol. The highest BCUT2D eigenvalue weighted by atomic mass is 127. The Kier molecular flexibility index (Phi) is 9.12. The molecule has 1 aromatic heterocycles. The minimum absolute atomic E-state index is 0.0723. The van der Waals surface area contributed by atoms with Crippen LogP contribution in [0.4, 0.5) is 0 Å². The Balaban J connectivity index is 1.37. The van der Waals surface area contributed by atoms with Crippen LogP contribution in [-0.4, -0.2) is 31.1 Å². The Hall–Kier alpha value is -4.31. The third kappa shape index (κ3) is 6.94. The number of benzene rings is 4. The van der Waals surface area contributed by atoms with Gasteiger partial charge in [-0.15, -0.1) is 0 Å². The van der Waals surface area contributed by atoms with Gasteiger partial charge >= 0.3 is 0 Å². The Labute approximate surface area is 257 Å². The number of carbonyl (C=O) groups is 1. The van der Waals surface area contributed by atoms with Crippen LogP contribution < -0.4 is 10.1 Å². The van der Waals surface area contributed by atoms with E-state index in [1.807, 2.05) is 83.6 Å². The van der Waals surface area contributed by atoms with Gasteiger partial charge in [-0.3, -0.25) is 4.79 Å². The fourth-order valence-electron chi connectivity index (χ4n) is 4.61. The van der Waals surface area contributed by atoms with Crippen molar-refractivity contribution in [3.8, 4) is 6.07 Å². The number of rotatable bonds is 10. The predicted octanol–water partition coefficient (Wildman–Crippen LogP) is 5.21. The van der Waals surface area contributed by atoms with E-state index in [0.717, 1.165) is 31.2 Å². The third-order valence-electron chi connectivity index (χ3n) is 6.70. The normalized spacial score (nSPS) is 12.3. The highest BCUT2D eigenvalue weighted by Gasteiger charge is 2.26. The van der Waals surface area contributed by atoms with Crippen molar-refractivity contribution in [2.45, 2.75) is 23.9 Å². The Bertz CT molecular complexity index is 1900. The van der Waals surface area contributed by atoms with Gasteiger partial charge in [0.2, 0.25) is 10.0 Å². The van der Waals surface area contributed by atoms with Gasteiger partial charge in [0.05, 0.1) is 22.7 Å². The molecule has 0 radical (unpaired) electrons. The first kappa shape index (κ1) is 29.2. The first-order valence-corrected chi connectivity index (χ1v) is 15.6. The third-order valence-corrected chi connectivity index (χ3v) is 8.90. The van der Waals surface area contributed by atoms with E-state index in [1.54, 1.807) is 24.4 Å². The lowest BCUT2D eigenvalue weighted by Gasteiger charge is -2.17. The van der Waals surface area contributed by atoms with E-state index in [2.05, 4.69) is 43.9 Å². The van der Waals surface area contributed by atoms with Crippen LogP contribution in [0.15, 0.2) is 119 Å². The summed E-state index contributed by atoms with van der Waals surface area (Å²) in [5.74, 6) is -0.587. The first-order valence-electron chi connectivity index (χ1n) is 13.0. The van der Waals surface area contributed by atoms with Gasteiger partial charge in [0.25, 0.3) is 5.91 Å². The molecule has 1 atom stereocenters. The molecule has 0 bridgehead atoms. The second-order valence-corrected chi connectivity index (χ2v) is 12.5. The standard InChI is InChI=1S/C32H26IN5O3S/c33-27-14-16-28(17-15-27)42(40,41)37-30(18-23-8-2-1-3-9-23)32(39)36-35-20-26-22-38(31-13-7-6-12-29(26)31)21-25-11-5-4-10-24(25)19-34/h1-17,20,22,30,37H,18,21H2,(H,36,39)/b35-20-/t30-/m0/s1. The van der Waals surface area contributed by atoms with Gasteiger partial charge in [0.1, 0.15) is 6.04 Å². The number of nitriles is 1. The summed E-state index contributed by atoms with van der Waals surface area (Å²) in [6.07, 6.45) is 3.60. The summed E-state index contributed by atoms with van der Waals surface area (Å²) < 4.78 is 31.7. The fourth-order valence-corrected chi connectivity index (χ4v) is 6.16. The van der Waals surface area contributed by atoms with Crippen molar-refractivity contribution >= 4 is 55.6 Å². The summed E-state index contributed by atoms with van der Waals surface area (Å²) in [6.45, 7) is 0.490. The van der Waals surface area contributed by atoms with E-state index >= 15 is 0 Å². The summed E-state index contributed by atoms with van der Waals surface area (Å²) >= 11 is 2.10. The van der Waals surface area contributed by atoms with Crippen LogP contribution in [0.3, 0.4) is 0 Å². The average Bonchev–Trinajstić information content (AvgIpc) is 3.34. The van der Waals surface area contributed by atoms with Crippen molar-refractivity contribution in [2.24, 2.45) is 5.10 Å². The summed E-state index contributed by atoms with van der Waals surface area (Å²) in [6, 6.07) is 32.0. The van der Waals surface area contributed by atoms with Crippen molar-refractivity contribution in [3.05, 3.63) is 135 Å². The van der Waals surface area contributed by atoms with Crippen molar-refractivity contribution in [2.75, 3.05) is 0 Å². The first-order chi connectivity index (χ1) is 20.3. The Morgan fingerprint density at radius 1 is 0.952 bits per heavy atom. The lowest BCUT2D eigenvalue weighted by Crippen LogP contribution is -2.46. The fraction of sp³-hybridized carbons (Fsp3) is 0.0938. The number of sulfonamides is 1. The molecule has 10 heteroatoms. The molecule has 0 unspecified atom stereocenters.